The number of rotatable bonds is 3. The summed E-state index contributed by atoms with van der Waals surface area (Å²) in [6, 6.07) is 2.03. The van der Waals surface area contributed by atoms with Crippen LogP contribution in [0.25, 0.3) is 0 Å². The summed E-state index contributed by atoms with van der Waals surface area (Å²) in [5.74, 6) is -6.02. The van der Waals surface area contributed by atoms with E-state index in [4.69, 9.17) is 5.11 Å². The van der Waals surface area contributed by atoms with Crippen LogP contribution in [0.1, 0.15) is 20.0 Å². The maximum absolute atomic E-state index is 13.4. The van der Waals surface area contributed by atoms with E-state index in [1.54, 1.807) is 0 Å². The van der Waals surface area contributed by atoms with E-state index in [-0.39, 0.29) is 10.4 Å². The second-order valence-corrected chi connectivity index (χ2v) is 4.58. The van der Waals surface area contributed by atoms with Gasteiger partial charge in [0.1, 0.15) is 16.4 Å². The van der Waals surface area contributed by atoms with Crippen LogP contribution >= 0.6 is 11.3 Å². The van der Waals surface area contributed by atoms with Crippen molar-refractivity contribution in [3.05, 3.63) is 51.5 Å². The highest BCUT2D eigenvalue weighted by Gasteiger charge is 2.21. The number of halogens is 3. The summed E-state index contributed by atoms with van der Waals surface area (Å²) >= 11 is 0.800. The molecule has 0 atom stereocenters. The Morgan fingerprint density at radius 3 is 2.30 bits per heavy atom. The molecule has 1 amide bonds. The minimum atomic E-state index is -1.33. The maximum Gasteiger partial charge on any atom is 0.346 e. The maximum atomic E-state index is 13.4. The van der Waals surface area contributed by atoms with Crippen molar-refractivity contribution in [3.63, 3.8) is 0 Å². The number of carbonyl (C=O) groups excluding carboxylic acids is 1. The third-order valence-corrected chi connectivity index (χ3v) is 3.25. The average molecular weight is 301 g/mol. The molecule has 1 aromatic carbocycles. The van der Waals surface area contributed by atoms with Gasteiger partial charge in [-0.3, -0.25) is 4.79 Å². The van der Waals surface area contributed by atoms with Gasteiger partial charge in [-0.1, -0.05) is 0 Å². The van der Waals surface area contributed by atoms with Crippen molar-refractivity contribution < 1.29 is 27.9 Å². The summed E-state index contributed by atoms with van der Waals surface area (Å²) < 4.78 is 39.4. The predicted molar refractivity (Wildman–Crippen MR) is 65.5 cm³/mol. The molecule has 0 unspecified atom stereocenters. The van der Waals surface area contributed by atoms with Crippen LogP contribution in [0, 0.1) is 17.5 Å². The first-order valence-electron chi connectivity index (χ1n) is 5.17. The Bertz CT molecular complexity index is 676. The minimum absolute atomic E-state index is 0.231. The van der Waals surface area contributed by atoms with Crippen LogP contribution in [0.2, 0.25) is 0 Å². The van der Waals surface area contributed by atoms with Crippen LogP contribution in [0.4, 0.5) is 18.9 Å². The third kappa shape index (κ3) is 2.64. The molecule has 20 heavy (non-hydrogen) atoms. The lowest BCUT2D eigenvalue weighted by atomic mass is 10.2. The minimum Gasteiger partial charge on any atom is -0.477 e. The summed E-state index contributed by atoms with van der Waals surface area (Å²) in [4.78, 5) is 22.4. The van der Waals surface area contributed by atoms with Gasteiger partial charge in [-0.2, -0.15) is 0 Å². The van der Waals surface area contributed by atoms with Crippen LogP contribution in [0.15, 0.2) is 23.6 Å². The van der Waals surface area contributed by atoms with E-state index in [0.29, 0.717) is 12.1 Å². The van der Waals surface area contributed by atoms with Crippen LogP contribution < -0.4 is 5.32 Å². The lowest BCUT2D eigenvalue weighted by Gasteiger charge is -2.07. The van der Waals surface area contributed by atoms with Gasteiger partial charge in [-0.15, -0.1) is 11.3 Å². The van der Waals surface area contributed by atoms with Crippen molar-refractivity contribution in [3.8, 4) is 0 Å². The molecule has 0 saturated carbocycles. The number of carboxylic acid groups (broad SMARTS) is 1. The van der Waals surface area contributed by atoms with E-state index in [9.17, 15) is 22.8 Å². The van der Waals surface area contributed by atoms with E-state index in [1.165, 1.54) is 11.4 Å². The number of aromatic carboxylic acids is 1. The summed E-state index contributed by atoms with van der Waals surface area (Å²) in [6.45, 7) is 0. The lowest BCUT2D eigenvalue weighted by Crippen LogP contribution is -2.16. The second kappa shape index (κ2) is 5.33. The average Bonchev–Trinajstić information content (AvgIpc) is 2.82. The Morgan fingerprint density at radius 2 is 1.75 bits per heavy atom. The molecule has 2 rings (SSSR count). The fraction of sp³-hybridized carbons (Fsp3) is 0. The third-order valence-electron chi connectivity index (χ3n) is 2.35. The zero-order chi connectivity index (χ0) is 14.9. The number of hydrogen-bond acceptors (Lipinski definition) is 3. The van der Waals surface area contributed by atoms with Crippen LogP contribution in [-0.4, -0.2) is 17.0 Å². The molecular weight excluding hydrogens is 295 g/mol. The zero-order valence-corrected chi connectivity index (χ0v) is 10.4. The Hall–Kier alpha value is -2.35. The Morgan fingerprint density at radius 1 is 1.15 bits per heavy atom. The molecule has 0 bridgehead atoms. The SMILES string of the molecule is O=C(Nc1c(F)cc(F)cc1F)c1ccsc1C(=O)O. The number of carbonyl (C=O) groups is 2. The first kappa shape index (κ1) is 14.1. The lowest BCUT2D eigenvalue weighted by molar-refractivity contribution is 0.0698. The Kier molecular flexibility index (Phi) is 3.75. The number of amides is 1. The smallest absolute Gasteiger partial charge is 0.346 e. The molecule has 8 heteroatoms. The topological polar surface area (TPSA) is 66.4 Å². The van der Waals surface area contributed by atoms with Gasteiger partial charge in [0.15, 0.2) is 11.6 Å². The summed E-state index contributed by atoms with van der Waals surface area (Å²) in [6.07, 6.45) is 0. The van der Waals surface area contributed by atoms with Crippen molar-refractivity contribution in [2.45, 2.75) is 0 Å². The molecular formula is C12H6F3NO3S. The van der Waals surface area contributed by atoms with Crippen molar-refractivity contribution in [1.82, 2.24) is 0 Å². The van der Waals surface area contributed by atoms with Crippen LogP contribution in [0.5, 0.6) is 0 Å². The van der Waals surface area contributed by atoms with Gasteiger partial charge >= 0.3 is 5.97 Å². The van der Waals surface area contributed by atoms with Gasteiger partial charge in [-0.05, 0) is 11.4 Å². The Labute approximate surface area is 114 Å². The highest BCUT2D eigenvalue weighted by molar-refractivity contribution is 7.12. The van der Waals surface area contributed by atoms with Gasteiger partial charge in [0.05, 0.1) is 5.56 Å². The number of carboxylic acids is 1. The monoisotopic (exact) mass is 301 g/mol. The summed E-state index contributed by atoms with van der Waals surface area (Å²) in [7, 11) is 0. The second-order valence-electron chi connectivity index (χ2n) is 3.67. The summed E-state index contributed by atoms with van der Waals surface area (Å²) in [5.41, 5.74) is -1.07. The van der Waals surface area contributed by atoms with Crippen molar-refractivity contribution >= 4 is 28.9 Å². The fourth-order valence-electron chi connectivity index (χ4n) is 1.50. The van der Waals surface area contributed by atoms with Gasteiger partial charge in [0, 0.05) is 12.1 Å². The number of anilines is 1. The normalized spacial score (nSPS) is 10.3. The van der Waals surface area contributed by atoms with E-state index in [1.807, 2.05) is 5.32 Å². The van der Waals surface area contributed by atoms with Gasteiger partial charge < -0.3 is 10.4 Å². The van der Waals surface area contributed by atoms with Crippen molar-refractivity contribution in [2.75, 3.05) is 5.32 Å². The summed E-state index contributed by atoms with van der Waals surface area (Å²) in [5, 5.41) is 12.1. The van der Waals surface area contributed by atoms with Crippen molar-refractivity contribution in [2.24, 2.45) is 0 Å². The number of hydrogen-bond donors (Lipinski definition) is 2. The molecule has 0 aliphatic carbocycles. The molecule has 0 aliphatic rings. The fourth-order valence-corrected chi connectivity index (χ4v) is 2.22. The van der Waals surface area contributed by atoms with Gasteiger partial charge in [-0.25, -0.2) is 18.0 Å². The number of benzene rings is 1. The molecule has 4 nitrogen and oxygen atoms in total. The molecule has 1 aromatic heterocycles. The van der Waals surface area contributed by atoms with E-state index in [0.717, 1.165) is 11.3 Å². The molecule has 1 heterocycles. The molecule has 0 spiro atoms. The van der Waals surface area contributed by atoms with Crippen LogP contribution in [0.3, 0.4) is 0 Å². The van der Waals surface area contributed by atoms with Crippen LogP contribution in [-0.2, 0) is 0 Å². The first-order chi connectivity index (χ1) is 9.40. The molecule has 0 radical (unpaired) electrons. The van der Waals surface area contributed by atoms with Crippen molar-refractivity contribution in [1.29, 1.82) is 0 Å². The molecule has 0 aliphatic heterocycles. The van der Waals surface area contributed by atoms with E-state index >= 15 is 0 Å². The molecule has 0 saturated heterocycles. The standard InChI is InChI=1S/C12H6F3NO3S/c13-5-3-7(14)9(8(15)4-5)16-11(17)6-1-2-20-10(6)12(18)19/h1-4H,(H,16,17)(H,18,19). The molecule has 104 valence electrons. The highest BCUT2D eigenvalue weighted by atomic mass is 32.1. The van der Waals surface area contributed by atoms with E-state index < -0.39 is 35.0 Å². The largest absolute Gasteiger partial charge is 0.477 e. The predicted octanol–water partition coefficient (Wildman–Crippen LogP) is 3.12. The zero-order valence-electron chi connectivity index (χ0n) is 9.62. The molecule has 2 N–H and O–H groups in total. The number of thiophene rings is 1. The first-order valence-corrected chi connectivity index (χ1v) is 6.04. The van der Waals surface area contributed by atoms with Gasteiger partial charge in [0.25, 0.3) is 5.91 Å². The molecule has 2 aromatic rings. The molecule has 0 fully saturated rings. The number of nitrogens with one attached hydrogen (secondary N) is 1. The highest BCUT2D eigenvalue weighted by Crippen LogP contribution is 2.23. The Balaban J connectivity index is 2.33. The van der Waals surface area contributed by atoms with Gasteiger partial charge in [0.2, 0.25) is 0 Å². The quantitative estimate of drug-likeness (QED) is 0.915. The van der Waals surface area contributed by atoms with E-state index in [2.05, 4.69) is 0 Å².